The van der Waals surface area contributed by atoms with E-state index in [9.17, 15) is 0 Å². The number of nitrogens with one attached hydrogen (secondary N) is 1. The molecular weight excluding hydrogens is 597 g/mol. The molecule has 11 heteroatoms. The van der Waals surface area contributed by atoms with Crippen LogP contribution in [0.1, 0.15) is 60.5 Å². The van der Waals surface area contributed by atoms with Crippen LogP contribution in [0.15, 0.2) is 58.8 Å². The Morgan fingerprint density at radius 2 is 1.58 bits per heavy atom. The fraction of sp³-hybridized carbons (Fsp3) is 0.406. The van der Waals surface area contributed by atoms with E-state index in [1.807, 2.05) is 35.6 Å². The third-order valence-corrected chi connectivity index (χ3v) is 11.9. The zero-order valence-corrected chi connectivity index (χ0v) is 27.5. The molecule has 7 rings (SSSR count). The van der Waals surface area contributed by atoms with Gasteiger partial charge in [0.1, 0.15) is 16.5 Å². The van der Waals surface area contributed by atoms with Crippen molar-refractivity contribution in [3.63, 3.8) is 0 Å². The van der Waals surface area contributed by atoms with E-state index >= 15 is 0 Å². The molecular formula is C32H36N6O2S3. The summed E-state index contributed by atoms with van der Waals surface area (Å²) in [5.74, 6) is 4.81. The number of hydrogen-bond donors (Lipinski definition) is 1. The third kappa shape index (κ3) is 5.29. The van der Waals surface area contributed by atoms with Gasteiger partial charge in [0.15, 0.2) is 16.5 Å². The number of thiophene rings is 1. The molecule has 0 bridgehead atoms. The smallest absolute Gasteiger partial charge is 0.241 e. The van der Waals surface area contributed by atoms with Crippen molar-refractivity contribution in [2.45, 2.75) is 62.9 Å². The summed E-state index contributed by atoms with van der Waals surface area (Å²) in [7, 11) is 3.39. The number of methoxy groups -OCH3 is 2. The van der Waals surface area contributed by atoms with Crippen LogP contribution in [0.3, 0.4) is 0 Å². The van der Waals surface area contributed by atoms with Gasteiger partial charge in [0.25, 0.3) is 0 Å². The summed E-state index contributed by atoms with van der Waals surface area (Å²) in [5.41, 5.74) is 9.05. The van der Waals surface area contributed by atoms with Gasteiger partial charge >= 0.3 is 0 Å². The molecule has 4 aromatic rings. The number of ether oxygens (including phenoxy) is 2. The first-order valence-corrected chi connectivity index (χ1v) is 17.4. The predicted octanol–water partition coefficient (Wildman–Crippen LogP) is 7.42. The van der Waals surface area contributed by atoms with Crippen molar-refractivity contribution in [1.82, 2.24) is 20.2 Å². The van der Waals surface area contributed by atoms with E-state index < -0.39 is 0 Å². The number of hydrazone groups is 1. The molecule has 1 N–H and O–H groups in total. The predicted molar refractivity (Wildman–Crippen MR) is 177 cm³/mol. The van der Waals surface area contributed by atoms with E-state index in [2.05, 4.69) is 59.9 Å². The Bertz CT molecular complexity index is 1660. The van der Waals surface area contributed by atoms with Crippen molar-refractivity contribution in [2.75, 3.05) is 19.1 Å². The molecule has 0 spiro atoms. The van der Waals surface area contributed by atoms with Crippen molar-refractivity contribution in [3.8, 4) is 16.5 Å². The van der Waals surface area contributed by atoms with Crippen molar-refractivity contribution in [2.24, 2.45) is 16.4 Å². The summed E-state index contributed by atoms with van der Waals surface area (Å²) >= 11 is 5.37. The largest absolute Gasteiger partial charge is 0.497 e. The molecule has 224 valence electrons. The minimum Gasteiger partial charge on any atom is -0.497 e. The molecule has 1 unspecified atom stereocenters. The Morgan fingerprint density at radius 3 is 2.21 bits per heavy atom. The Labute approximate surface area is 265 Å². The number of nitrogens with zero attached hydrogens (tertiary/aromatic N) is 5. The second-order valence-corrected chi connectivity index (χ2v) is 15.2. The van der Waals surface area contributed by atoms with Crippen LogP contribution in [-0.2, 0) is 24.3 Å². The van der Waals surface area contributed by atoms with Crippen LogP contribution in [0, 0.1) is 11.3 Å². The minimum absolute atomic E-state index is 0.0734. The molecule has 0 amide bonds. The lowest BCUT2D eigenvalue weighted by Crippen LogP contribution is -2.38. The van der Waals surface area contributed by atoms with E-state index in [1.165, 1.54) is 38.6 Å². The average Bonchev–Trinajstić information content (AvgIpc) is 3.73. The number of amidine groups is 1. The quantitative estimate of drug-likeness (QED) is 0.211. The summed E-state index contributed by atoms with van der Waals surface area (Å²) < 4.78 is 13.0. The van der Waals surface area contributed by atoms with Crippen molar-refractivity contribution < 1.29 is 9.47 Å². The van der Waals surface area contributed by atoms with Gasteiger partial charge in [-0.15, -0.1) is 21.5 Å². The second kappa shape index (κ2) is 11.4. The number of hydrogen-bond acceptors (Lipinski definition) is 10. The summed E-state index contributed by atoms with van der Waals surface area (Å²) in [4.78, 5) is 3.76. The van der Waals surface area contributed by atoms with Gasteiger partial charge in [-0.25, -0.2) is 4.57 Å². The first kappa shape index (κ1) is 28.6. The van der Waals surface area contributed by atoms with Gasteiger partial charge in [-0.05, 0) is 71.6 Å². The van der Waals surface area contributed by atoms with Gasteiger partial charge in [0, 0.05) is 21.9 Å². The van der Waals surface area contributed by atoms with Crippen LogP contribution >= 0.6 is 34.9 Å². The highest BCUT2D eigenvalue weighted by Crippen LogP contribution is 2.51. The maximum atomic E-state index is 5.35. The molecule has 2 aliphatic heterocycles. The van der Waals surface area contributed by atoms with Crippen molar-refractivity contribution >= 4 is 46.0 Å². The fourth-order valence-electron chi connectivity index (χ4n) is 6.05. The van der Waals surface area contributed by atoms with Gasteiger partial charge in [-0.2, -0.15) is 5.10 Å². The Hall–Kier alpha value is -3.15. The van der Waals surface area contributed by atoms with Gasteiger partial charge < -0.3 is 9.47 Å². The SMILES string of the molecule is COc1ccc(CSC2=NNC3c4c(sc5c4CC[C@@H](C(C)(C)C)C5)-n4c(SCc5ccc(OC)cc5)nnc4N23)cc1. The molecule has 0 radical (unpaired) electrons. The maximum Gasteiger partial charge on any atom is 0.241 e. The maximum absolute atomic E-state index is 5.35. The molecule has 2 atom stereocenters. The zero-order valence-electron chi connectivity index (χ0n) is 25.1. The topological polar surface area (TPSA) is 76.8 Å². The lowest BCUT2D eigenvalue weighted by atomic mass is 9.72. The molecule has 1 aliphatic carbocycles. The number of rotatable bonds is 7. The van der Waals surface area contributed by atoms with E-state index in [0.29, 0.717) is 5.92 Å². The standard InChI is InChI=1S/C32H36N6O2S3/c1-32(2,3)21-10-15-24-25(16-21)43-28-26(24)27-33-35-30(41-17-19-6-11-22(39-4)12-7-19)37(27)29-34-36-31(38(28)29)42-18-20-8-13-23(40-5)14-9-20/h6-9,11-14,21,27,33H,10,15-18H2,1-5H3/t21-,27?/m1/s1. The van der Waals surface area contributed by atoms with Crippen LogP contribution in [0.2, 0.25) is 0 Å². The van der Waals surface area contributed by atoms with Crippen LogP contribution in [-0.4, -0.2) is 34.2 Å². The highest BCUT2D eigenvalue weighted by atomic mass is 32.2. The number of anilines is 1. The monoisotopic (exact) mass is 632 g/mol. The number of fused-ring (bicyclic) bond motifs is 8. The lowest BCUT2D eigenvalue weighted by molar-refractivity contribution is 0.217. The molecule has 0 saturated heterocycles. The lowest BCUT2D eigenvalue weighted by Gasteiger charge is -2.35. The van der Waals surface area contributed by atoms with Gasteiger partial charge in [0.2, 0.25) is 5.95 Å². The Balaban J connectivity index is 1.22. The first-order valence-electron chi connectivity index (χ1n) is 14.6. The summed E-state index contributed by atoms with van der Waals surface area (Å²) in [6, 6.07) is 16.5. The van der Waals surface area contributed by atoms with Gasteiger partial charge in [0.05, 0.1) is 14.2 Å². The molecule has 3 aliphatic rings. The minimum atomic E-state index is -0.0734. The summed E-state index contributed by atoms with van der Waals surface area (Å²) in [6.07, 6.45) is 3.35. The fourth-order valence-corrected chi connectivity index (χ4v) is 9.38. The Kier molecular flexibility index (Phi) is 7.59. The summed E-state index contributed by atoms with van der Waals surface area (Å²) in [6.45, 7) is 7.13. The van der Waals surface area contributed by atoms with Crippen molar-refractivity contribution in [1.29, 1.82) is 0 Å². The number of thioether (sulfide) groups is 2. The van der Waals surface area contributed by atoms with Crippen LogP contribution in [0.25, 0.3) is 5.00 Å². The highest BCUT2D eigenvalue weighted by Gasteiger charge is 2.45. The van der Waals surface area contributed by atoms with Crippen LogP contribution in [0.5, 0.6) is 11.5 Å². The number of aromatic nitrogens is 3. The molecule has 8 nitrogen and oxygen atoms in total. The second-order valence-electron chi connectivity index (χ2n) is 12.2. The third-order valence-electron chi connectivity index (χ3n) is 8.62. The summed E-state index contributed by atoms with van der Waals surface area (Å²) in [5, 5.41) is 17.4. The van der Waals surface area contributed by atoms with E-state index in [4.69, 9.17) is 24.8 Å². The zero-order chi connectivity index (χ0) is 29.7. The van der Waals surface area contributed by atoms with E-state index in [1.54, 1.807) is 37.7 Å². The Morgan fingerprint density at radius 1 is 0.930 bits per heavy atom. The van der Waals surface area contributed by atoms with Gasteiger partial charge in [-0.1, -0.05) is 68.6 Å². The van der Waals surface area contributed by atoms with E-state index in [0.717, 1.165) is 52.1 Å². The molecule has 43 heavy (non-hydrogen) atoms. The first-order chi connectivity index (χ1) is 20.8. The average molecular weight is 633 g/mol. The highest BCUT2D eigenvalue weighted by molar-refractivity contribution is 8.13. The van der Waals surface area contributed by atoms with Crippen molar-refractivity contribution in [3.05, 3.63) is 75.7 Å². The molecule has 2 aromatic carbocycles. The normalized spacial score (nSPS) is 18.7. The molecule has 4 heterocycles. The van der Waals surface area contributed by atoms with Crippen LogP contribution in [0.4, 0.5) is 5.95 Å². The molecule has 2 aromatic heterocycles. The van der Waals surface area contributed by atoms with Crippen LogP contribution < -0.4 is 19.8 Å². The molecule has 0 fully saturated rings. The molecule has 0 saturated carbocycles. The van der Waals surface area contributed by atoms with E-state index in [-0.39, 0.29) is 11.6 Å². The van der Waals surface area contributed by atoms with Gasteiger partial charge in [-0.3, -0.25) is 10.3 Å². The number of benzene rings is 2.